The molecule has 0 radical (unpaired) electrons. The van der Waals surface area contributed by atoms with E-state index < -0.39 is 5.82 Å². The maximum absolute atomic E-state index is 13.4. The summed E-state index contributed by atoms with van der Waals surface area (Å²) in [4.78, 5) is 3.86. The molecule has 0 bridgehead atoms. The maximum Gasteiger partial charge on any atom is 0.234 e. The van der Waals surface area contributed by atoms with Crippen LogP contribution in [0.1, 0.15) is 0 Å². The van der Waals surface area contributed by atoms with Gasteiger partial charge in [0.15, 0.2) is 0 Å². The number of hydrogen-bond acceptors (Lipinski definition) is 3. The Hall–Kier alpha value is -0.710. The Morgan fingerprint density at radius 1 is 1.29 bits per heavy atom. The third-order valence-corrected chi connectivity index (χ3v) is 2.82. The van der Waals surface area contributed by atoms with E-state index in [1.807, 2.05) is 0 Å². The molecule has 1 heterocycles. The SMILES string of the molecule is Fc1cc(Cl)ccc1-c1nc(Cl)ns1. The fourth-order valence-corrected chi connectivity index (χ4v) is 1.97. The first-order chi connectivity index (χ1) is 6.66. The zero-order valence-electron chi connectivity index (χ0n) is 6.67. The van der Waals surface area contributed by atoms with Crippen molar-refractivity contribution in [1.29, 1.82) is 0 Å². The zero-order valence-corrected chi connectivity index (χ0v) is 9.00. The first-order valence-electron chi connectivity index (χ1n) is 3.61. The van der Waals surface area contributed by atoms with Gasteiger partial charge in [-0.3, -0.25) is 0 Å². The van der Waals surface area contributed by atoms with Crippen molar-refractivity contribution < 1.29 is 4.39 Å². The summed E-state index contributed by atoms with van der Waals surface area (Å²) in [5.74, 6) is -0.426. The normalized spacial score (nSPS) is 10.5. The molecule has 2 aromatic rings. The van der Waals surface area contributed by atoms with Gasteiger partial charge in [-0.2, -0.15) is 4.37 Å². The number of aromatic nitrogens is 2. The van der Waals surface area contributed by atoms with Gasteiger partial charge in [0.25, 0.3) is 0 Å². The standard InChI is InChI=1S/C8H3Cl2FN2S/c9-4-1-2-5(6(11)3-4)7-12-8(10)13-14-7/h1-3H. The van der Waals surface area contributed by atoms with Crippen LogP contribution in [0.2, 0.25) is 10.3 Å². The number of hydrogen-bond donors (Lipinski definition) is 0. The van der Waals surface area contributed by atoms with Gasteiger partial charge in [-0.05, 0) is 41.3 Å². The summed E-state index contributed by atoms with van der Waals surface area (Å²) >= 11 is 12.2. The molecule has 0 aliphatic carbocycles. The van der Waals surface area contributed by atoms with Crippen molar-refractivity contribution in [3.8, 4) is 10.6 Å². The molecule has 0 amide bonds. The lowest BCUT2D eigenvalue weighted by Crippen LogP contribution is -1.82. The van der Waals surface area contributed by atoms with E-state index in [4.69, 9.17) is 23.2 Å². The monoisotopic (exact) mass is 248 g/mol. The molecule has 0 fully saturated rings. The van der Waals surface area contributed by atoms with Crippen molar-refractivity contribution in [2.45, 2.75) is 0 Å². The summed E-state index contributed by atoms with van der Waals surface area (Å²) < 4.78 is 17.1. The zero-order chi connectivity index (χ0) is 10.1. The fourth-order valence-electron chi connectivity index (χ4n) is 0.978. The molecule has 0 saturated carbocycles. The average Bonchev–Trinajstić information content (AvgIpc) is 2.51. The number of nitrogens with zero attached hydrogens (tertiary/aromatic N) is 2. The second-order valence-corrected chi connectivity index (χ2v) is 4.02. The molecular formula is C8H3Cl2FN2S. The number of halogens is 3. The van der Waals surface area contributed by atoms with Gasteiger partial charge in [0.05, 0.1) is 0 Å². The van der Waals surface area contributed by atoms with E-state index in [0.29, 0.717) is 15.6 Å². The van der Waals surface area contributed by atoms with Gasteiger partial charge < -0.3 is 0 Å². The summed E-state index contributed by atoms with van der Waals surface area (Å²) in [6.45, 7) is 0. The van der Waals surface area contributed by atoms with Crippen LogP contribution in [0.15, 0.2) is 18.2 Å². The van der Waals surface area contributed by atoms with E-state index in [1.54, 1.807) is 12.1 Å². The van der Waals surface area contributed by atoms with Crippen molar-refractivity contribution in [2.75, 3.05) is 0 Å². The number of rotatable bonds is 1. The van der Waals surface area contributed by atoms with Crippen LogP contribution in [0.3, 0.4) is 0 Å². The van der Waals surface area contributed by atoms with Crippen LogP contribution in [0.25, 0.3) is 10.6 Å². The summed E-state index contributed by atoms with van der Waals surface area (Å²) in [5, 5.41) is 0.922. The van der Waals surface area contributed by atoms with Gasteiger partial charge >= 0.3 is 0 Å². The molecule has 0 unspecified atom stereocenters. The molecule has 2 rings (SSSR count). The number of benzene rings is 1. The van der Waals surface area contributed by atoms with Crippen LogP contribution in [-0.4, -0.2) is 9.36 Å². The summed E-state index contributed by atoms with van der Waals surface area (Å²) in [6.07, 6.45) is 0. The highest BCUT2D eigenvalue weighted by atomic mass is 35.5. The molecule has 1 aromatic heterocycles. The minimum absolute atomic E-state index is 0.124. The van der Waals surface area contributed by atoms with Gasteiger partial charge in [0, 0.05) is 10.6 Å². The molecule has 0 atom stereocenters. The molecule has 0 spiro atoms. The van der Waals surface area contributed by atoms with Crippen molar-refractivity contribution in [3.63, 3.8) is 0 Å². The fraction of sp³-hybridized carbons (Fsp3) is 0. The Morgan fingerprint density at radius 3 is 2.64 bits per heavy atom. The van der Waals surface area contributed by atoms with E-state index in [2.05, 4.69) is 9.36 Å². The largest absolute Gasteiger partial charge is 0.234 e. The van der Waals surface area contributed by atoms with Crippen LogP contribution in [0, 0.1) is 5.82 Å². The third kappa shape index (κ3) is 1.87. The highest BCUT2D eigenvalue weighted by Gasteiger charge is 2.10. The highest BCUT2D eigenvalue weighted by molar-refractivity contribution is 7.09. The first kappa shape index (κ1) is 9.83. The highest BCUT2D eigenvalue weighted by Crippen LogP contribution is 2.27. The first-order valence-corrected chi connectivity index (χ1v) is 5.14. The Balaban J connectivity index is 2.52. The molecule has 2 nitrogen and oxygen atoms in total. The minimum atomic E-state index is -0.426. The Bertz CT molecular complexity index is 472. The topological polar surface area (TPSA) is 25.8 Å². The predicted octanol–water partition coefficient (Wildman–Crippen LogP) is 3.65. The van der Waals surface area contributed by atoms with Crippen molar-refractivity contribution in [1.82, 2.24) is 9.36 Å². The minimum Gasteiger partial charge on any atom is -0.206 e. The van der Waals surface area contributed by atoms with Crippen LogP contribution in [-0.2, 0) is 0 Å². The lowest BCUT2D eigenvalue weighted by atomic mass is 10.2. The third-order valence-electron chi connectivity index (χ3n) is 1.56. The quantitative estimate of drug-likeness (QED) is 0.770. The lowest BCUT2D eigenvalue weighted by Gasteiger charge is -1.97. The summed E-state index contributed by atoms with van der Waals surface area (Å²) in [6, 6.07) is 4.37. The van der Waals surface area contributed by atoms with E-state index in [0.717, 1.165) is 11.5 Å². The van der Waals surface area contributed by atoms with Gasteiger partial charge in [-0.1, -0.05) is 11.6 Å². The maximum atomic E-state index is 13.4. The molecule has 6 heteroatoms. The molecule has 1 aromatic carbocycles. The van der Waals surface area contributed by atoms with Crippen LogP contribution in [0.4, 0.5) is 4.39 Å². The molecule has 72 valence electrons. The Labute approximate surface area is 93.5 Å². The second-order valence-electron chi connectivity index (χ2n) is 2.49. The average molecular weight is 249 g/mol. The second kappa shape index (κ2) is 3.81. The Kier molecular flexibility index (Phi) is 2.67. The van der Waals surface area contributed by atoms with E-state index in [-0.39, 0.29) is 5.28 Å². The van der Waals surface area contributed by atoms with E-state index >= 15 is 0 Å². The van der Waals surface area contributed by atoms with Gasteiger partial charge in [0.1, 0.15) is 10.8 Å². The van der Waals surface area contributed by atoms with Crippen molar-refractivity contribution >= 4 is 34.7 Å². The molecule has 0 aliphatic rings. The molecule has 0 saturated heterocycles. The summed E-state index contributed by atoms with van der Waals surface area (Å²) in [5.41, 5.74) is 0.360. The van der Waals surface area contributed by atoms with Gasteiger partial charge in [0.2, 0.25) is 5.28 Å². The Morgan fingerprint density at radius 2 is 2.07 bits per heavy atom. The molecule has 0 aliphatic heterocycles. The molecule has 14 heavy (non-hydrogen) atoms. The van der Waals surface area contributed by atoms with E-state index in [1.165, 1.54) is 6.07 Å². The van der Waals surface area contributed by atoms with Crippen LogP contribution >= 0.6 is 34.7 Å². The molecular weight excluding hydrogens is 246 g/mol. The van der Waals surface area contributed by atoms with Crippen LogP contribution in [0.5, 0.6) is 0 Å². The van der Waals surface area contributed by atoms with E-state index in [9.17, 15) is 4.39 Å². The van der Waals surface area contributed by atoms with Crippen molar-refractivity contribution in [2.24, 2.45) is 0 Å². The van der Waals surface area contributed by atoms with Crippen molar-refractivity contribution in [3.05, 3.63) is 34.3 Å². The van der Waals surface area contributed by atoms with Crippen LogP contribution < -0.4 is 0 Å². The smallest absolute Gasteiger partial charge is 0.206 e. The lowest BCUT2D eigenvalue weighted by molar-refractivity contribution is 0.631. The summed E-state index contributed by atoms with van der Waals surface area (Å²) in [7, 11) is 0. The molecule has 0 N–H and O–H groups in total. The van der Waals surface area contributed by atoms with Gasteiger partial charge in [-0.15, -0.1) is 0 Å². The van der Waals surface area contributed by atoms with Gasteiger partial charge in [-0.25, -0.2) is 9.37 Å². The predicted molar refractivity (Wildman–Crippen MR) is 55.3 cm³/mol.